The van der Waals surface area contributed by atoms with Crippen LogP contribution in [0.25, 0.3) is 0 Å². The summed E-state index contributed by atoms with van der Waals surface area (Å²) in [7, 11) is 1.31. The van der Waals surface area contributed by atoms with Crippen molar-refractivity contribution in [3.63, 3.8) is 0 Å². The minimum Gasteiger partial charge on any atom is -0.471 e. The Balaban J connectivity index is 0.000000357. The fourth-order valence-corrected chi connectivity index (χ4v) is 2.15. The van der Waals surface area contributed by atoms with Crippen molar-refractivity contribution < 1.29 is 9.53 Å². The lowest BCUT2D eigenvalue weighted by Crippen LogP contribution is -2.19. The lowest BCUT2D eigenvalue weighted by molar-refractivity contribution is -0.126. The van der Waals surface area contributed by atoms with Crippen molar-refractivity contribution in [2.24, 2.45) is 0 Å². The molecule has 0 radical (unpaired) electrons. The van der Waals surface area contributed by atoms with Crippen molar-refractivity contribution in [1.29, 1.82) is 0 Å². The first-order valence-electron chi connectivity index (χ1n) is 5.96. The van der Waals surface area contributed by atoms with Crippen LogP contribution in [0.3, 0.4) is 0 Å². The van der Waals surface area contributed by atoms with E-state index in [0.717, 1.165) is 31.0 Å². The molecule has 0 unspecified atom stereocenters. The molecule has 0 amide bonds. The first-order valence-corrected chi connectivity index (χ1v) is 6.75. The van der Waals surface area contributed by atoms with Crippen LogP contribution >= 0.6 is 15.9 Å². The molecule has 1 aliphatic heterocycles. The molecule has 5 nitrogen and oxygen atoms in total. The minimum atomic E-state index is 0.375. The predicted molar refractivity (Wildman–Crippen MR) is 73.6 cm³/mol. The monoisotopic (exact) mass is 315 g/mol. The molecule has 1 saturated heterocycles. The molecule has 1 aromatic heterocycles. The van der Waals surface area contributed by atoms with Gasteiger partial charge in [-0.1, -0.05) is 6.92 Å². The van der Waals surface area contributed by atoms with Crippen LogP contribution in [-0.2, 0) is 16.0 Å². The minimum absolute atomic E-state index is 0.375. The van der Waals surface area contributed by atoms with E-state index < -0.39 is 0 Å². The van der Waals surface area contributed by atoms with Crippen molar-refractivity contribution in [3.05, 3.63) is 16.5 Å². The highest BCUT2D eigenvalue weighted by atomic mass is 79.9. The Morgan fingerprint density at radius 2 is 2.06 bits per heavy atom. The van der Waals surface area contributed by atoms with Gasteiger partial charge >= 0.3 is 0 Å². The van der Waals surface area contributed by atoms with Gasteiger partial charge in [-0.15, -0.1) is 0 Å². The van der Waals surface area contributed by atoms with Crippen LogP contribution in [-0.4, -0.2) is 36.6 Å². The van der Waals surface area contributed by atoms with Crippen LogP contribution in [0, 0.1) is 0 Å². The van der Waals surface area contributed by atoms with Gasteiger partial charge in [-0.05, 0) is 35.2 Å². The van der Waals surface area contributed by atoms with Crippen molar-refractivity contribution in [1.82, 2.24) is 9.97 Å². The number of ether oxygens (including phenoxy) is 1. The molecule has 1 aromatic rings. The molecule has 0 N–H and O–H groups in total. The Kier molecular flexibility index (Phi) is 6.64. The van der Waals surface area contributed by atoms with E-state index >= 15 is 0 Å². The van der Waals surface area contributed by atoms with E-state index in [-0.39, 0.29) is 0 Å². The predicted octanol–water partition coefficient (Wildman–Crippen LogP) is 2.19. The molecule has 1 fully saturated rings. The van der Waals surface area contributed by atoms with Crippen LogP contribution in [0.5, 0.6) is 0 Å². The molecule has 2 heterocycles. The molecule has 0 saturated carbocycles. The fraction of sp³-hybridized carbons (Fsp3) is 0.583. The number of methoxy groups -OCH3 is 1. The number of aromatic nitrogens is 2. The largest absolute Gasteiger partial charge is 0.471 e. The highest BCUT2D eigenvalue weighted by molar-refractivity contribution is 9.10. The lowest BCUT2D eigenvalue weighted by atomic mass is 10.3. The summed E-state index contributed by atoms with van der Waals surface area (Å²) >= 11 is 3.35. The highest BCUT2D eigenvalue weighted by Gasteiger charge is 2.14. The molecule has 2 rings (SSSR count). The van der Waals surface area contributed by atoms with Crippen LogP contribution in [0.15, 0.2) is 10.8 Å². The van der Waals surface area contributed by atoms with Gasteiger partial charge < -0.3 is 9.64 Å². The second kappa shape index (κ2) is 8.02. The van der Waals surface area contributed by atoms with Gasteiger partial charge in [-0.25, -0.2) is 9.97 Å². The summed E-state index contributed by atoms with van der Waals surface area (Å²) in [5, 5.41) is 0. The third-order valence-corrected chi connectivity index (χ3v) is 2.98. The summed E-state index contributed by atoms with van der Waals surface area (Å²) in [6.45, 7) is 4.75. The second-order valence-electron chi connectivity index (χ2n) is 3.87. The van der Waals surface area contributed by atoms with Gasteiger partial charge in [0.05, 0.1) is 7.11 Å². The van der Waals surface area contributed by atoms with E-state index in [1.807, 2.05) is 0 Å². The zero-order chi connectivity index (χ0) is 13.4. The first kappa shape index (κ1) is 14.9. The summed E-state index contributed by atoms with van der Waals surface area (Å²) in [5.74, 6) is 1.07. The molecule has 1 aliphatic rings. The number of rotatable bonds is 3. The second-order valence-corrected chi connectivity index (χ2v) is 4.58. The molecule has 18 heavy (non-hydrogen) atoms. The quantitative estimate of drug-likeness (QED) is 0.632. The van der Waals surface area contributed by atoms with Crippen LogP contribution in [0.1, 0.15) is 25.5 Å². The molecular formula is C12H18BrN3O2. The van der Waals surface area contributed by atoms with Gasteiger partial charge in [-0.3, -0.25) is 4.79 Å². The number of halogens is 1. The Labute approximate surface area is 116 Å². The molecule has 0 bridgehead atoms. The molecule has 100 valence electrons. The van der Waals surface area contributed by atoms with E-state index in [9.17, 15) is 0 Å². The zero-order valence-electron chi connectivity index (χ0n) is 10.7. The standard InChI is InChI=1S/C10H14BrN3.C2H4O2/c1-2-8-7-9(13-10(11)12-8)14-5-3-4-6-14;1-4-2-3/h7H,2-6H2,1H3;2H,1H3. The maximum absolute atomic E-state index is 8.95. The van der Waals surface area contributed by atoms with E-state index in [1.54, 1.807) is 0 Å². The third kappa shape index (κ3) is 4.60. The number of nitrogens with zero attached hydrogens (tertiary/aromatic N) is 3. The van der Waals surface area contributed by atoms with Crippen LogP contribution < -0.4 is 4.90 Å². The fourth-order valence-electron chi connectivity index (χ4n) is 1.74. The summed E-state index contributed by atoms with van der Waals surface area (Å²) in [6, 6.07) is 2.09. The molecule has 0 atom stereocenters. The first-order chi connectivity index (χ1) is 8.71. The highest BCUT2D eigenvalue weighted by Crippen LogP contribution is 2.20. The topological polar surface area (TPSA) is 55.3 Å². The van der Waals surface area contributed by atoms with Crippen molar-refractivity contribution in [3.8, 4) is 0 Å². The molecule has 0 spiro atoms. The van der Waals surface area contributed by atoms with Gasteiger partial charge in [0.2, 0.25) is 0 Å². The summed E-state index contributed by atoms with van der Waals surface area (Å²) in [6.07, 6.45) is 3.52. The van der Waals surface area contributed by atoms with Gasteiger partial charge in [0.1, 0.15) is 5.82 Å². The van der Waals surface area contributed by atoms with Gasteiger partial charge in [0, 0.05) is 24.8 Å². The van der Waals surface area contributed by atoms with Gasteiger partial charge in [-0.2, -0.15) is 0 Å². The molecule has 0 aromatic carbocycles. The van der Waals surface area contributed by atoms with Crippen LogP contribution in [0.2, 0.25) is 0 Å². The molecule has 6 heteroatoms. The van der Waals surface area contributed by atoms with E-state index in [1.165, 1.54) is 20.0 Å². The van der Waals surface area contributed by atoms with Crippen LogP contribution in [0.4, 0.5) is 5.82 Å². The van der Waals surface area contributed by atoms with E-state index in [2.05, 4.69) is 48.5 Å². The zero-order valence-corrected chi connectivity index (χ0v) is 12.3. The smallest absolute Gasteiger partial charge is 0.292 e. The third-order valence-electron chi connectivity index (χ3n) is 2.63. The van der Waals surface area contributed by atoms with Crippen molar-refractivity contribution in [2.45, 2.75) is 26.2 Å². The number of carbonyl (C=O) groups excluding carboxylic acids is 1. The maximum atomic E-state index is 8.95. The summed E-state index contributed by atoms with van der Waals surface area (Å²) in [4.78, 5) is 20.0. The Bertz CT molecular complexity index is 382. The maximum Gasteiger partial charge on any atom is 0.292 e. The average Bonchev–Trinajstić information content (AvgIpc) is 2.92. The Hall–Kier alpha value is -1.17. The van der Waals surface area contributed by atoms with Gasteiger partial charge in [0.25, 0.3) is 6.47 Å². The summed E-state index contributed by atoms with van der Waals surface area (Å²) < 4.78 is 4.57. The summed E-state index contributed by atoms with van der Waals surface area (Å²) in [5.41, 5.74) is 1.11. The number of carbonyl (C=O) groups is 1. The van der Waals surface area contributed by atoms with Crippen molar-refractivity contribution in [2.75, 3.05) is 25.1 Å². The van der Waals surface area contributed by atoms with E-state index in [4.69, 9.17) is 4.79 Å². The van der Waals surface area contributed by atoms with Crippen molar-refractivity contribution >= 4 is 28.2 Å². The average molecular weight is 316 g/mol. The Morgan fingerprint density at radius 1 is 1.44 bits per heavy atom. The number of aryl methyl sites for hydroxylation is 1. The number of hydrogen-bond acceptors (Lipinski definition) is 5. The number of hydrogen-bond donors (Lipinski definition) is 0. The molecular weight excluding hydrogens is 298 g/mol. The Morgan fingerprint density at radius 3 is 2.56 bits per heavy atom. The lowest BCUT2D eigenvalue weighted by Gasteiger charge is -2.16. The normalized spacial score (nSPS) is 13.8. The number of anilines is 1. The van der Waals surface area contributed by atoms with E-state index in [0.29, 0.717) is 11.2 Å². The SMILES string of the molecule is CCc1cc(N2CCCC2)nc(Br)n1.COC=O. The van der Waals surface area contributed by atoms with Gasteiger partial charge in [0.15, 0.2) is 4.73 Å². The molecule has 0 aliphatic carbocycles.